The molecule has 1 aromatic carbocycles. The number of aromatic nitrogens is 1. The van der Waals surface area contributed by atoms with E-state index < -0.39 is 0 Å². The lowest BCUT2D eigenvalue weighted by molar-refractivity contribution is 0.312. The van der Waals surface area contributed by atoms with Gasteiger partial charge >= 0.3 is 0 Å². The molecule has 0 spiro atoms. The van der Waals surface area contributed by atoms with Crippen molar-refractivity contribution in [3.63, 3.8) is 0 Å². The van der Waals surface area contributed by atoms with Crippen molar-refractivity contribution in [3.05, 3.63) is 52.0 Å². The summed E-state index contributed by atoms with van der Waals surface area (Å²) in [5.74, 6) is 0. The van der Waals surface area contributed by atoms with E-state index in [-0.39, 0.29) is 5.41 Å². The molecule has 0 fully saturated rings. The number of hydrogen-bond acceptors (Lipinski definition) is 3. The molecule has 2 aromatic rings. The summed E-state index contributed by atoms with van der Waals surface area (Å²) in [6.07, 6.45) is 3.19. The van der Waals surface area contributed by atoms with Crippen LogP contribution in [0.4, 0.5) is 0 Å². The quantitative estimate of drug-likeness (QED) is 0.900. The first-order valence-corrected chi connectivity index (χ1v) is 6.90. The number of thiazole rings is 1. The number of nitrogens with two attached hydrogens (primary N) is 1. The molecule has 17 heavy (non-hydrogen) atoms. The molecule has 0 aliphatic heterocycles. The molecule has 0 amide bonds. The molecule has 0 saturated carbocycles. The zero-order valence-corrected chi connectivity index (χ0v) is 10.5. The molecule has 0 unspecified atom stereocenters. The van der Waals surface area contributed by atoms with Crippen LogP contribution in [0.5, 0.6) is 0 Å². The summed E-state index contributed by atoms with van der Waals surface area (Å²) in [5.41, 5.74) is 12.3. The first kappa shape index (κ1) is 10.9. The van der Waals surface area contributed by atoms with Crippen LogP contribution in [0.3, 0.4) is 0 Å². The Morgan fingerprint density at radius 3 is 2.47 bits per heavy atom. The van der Waals surface area contributed by atoms with E-state index in [1.165, 1.54) is 16.8 Å². The highest BCUT2D eigenvalue weighted by Gasteiger charge is 2.36. The molecule has 0 saturated heterocycles. The molecule has 2 nitrogen and oxygen atoms in total. The molecule has 2 N–H and O–H groups in total. The average molecular weight is 244 g/mol. The maximum Gasteiger partial charge on any atom is 0.0794 e. The van der Waals surface area contributed by atoms with Gasteiger partial charge < -0.3 is 5.73 Å². The van der Waals surface area contributed by atoms with Gasteiger partial charge in [-0.15, -0.1) is 11.3 Å². The standard InChI is InChI=1S/C14H16N2S/c15-9-14(7-13-8-17-10-16-13)5-11-3-1-2-4-12(11)6-14/h1-4,8,10H,5-7,9,15H2. The summed E-state index contributed by atoms with van der Waals surface area (Å²) in [7, 11) is 0. The molecule has 0 radical (unpaired) electrons. The summed E-state index contributed by atoms with van der Waals surface area (Å²) in [6, 6.07) is 8.70. The van der Waals surface area contributed by atoms with Gasteiger partial charge in [0.05, 0.1) is 11.2 Å². The third kappa shape index (κ3) is 2.01. The molecule has 1 heterocycles. The second-order valence-corrected chi connectivity index (χ2v) is 5.70. The Morgan fingerprint density at radius 1 is 1.24 bits per heavy atom. The van der Waals surface area contributed by atoms with Crippen molar-refractivity contribution in [2.24, 2.45) is 11.1 Å². The molecule has 3 rings (SSSR count). The Kier molecular flexibility index (Phi) is 2.73. The highest BCUT2D eigenvalue weighted by Crippen LogP contribution is 2.38. The topological polar surface area (TPSA) is 38.9 Å². The van der Waals surface area contributed by atoms with Gasteiger partial charge in [-0.3, -0.25) is 0 Å². The molecule has 88 valence electrons. The molecule has 1 aliphatic rings. The van der Waals surface area contributed by atoms with Crippen molar-refractivity contribution in [1.82, 2.24) is 4.98 Å². The van der Waals surface area contributed by atoms with E-state index in [4.69, 9.17) is 5.73 Å². The maximum absolute atomic E-state index is 6.04. The third-order valence-electron chi connectivity index (χ3n) is 3.72. The fourth-order valence-corrected chi connectivity index (χ4v) is 3.38. The fraction of sp³-hybridized carbons (Fsp3) is 0.357. The summed E-state index contributed by atoms with van der Waals surface area (Å²) < 4.78 is 0. The van der Waals surface area contributed by atoms with E-state index in [1.54, 1.807) is 11.3 Å². The van der Waals surface area contributed by atoms with Crippen molar-refractivity contribution >= 4 is 11.3 Å². The normalized spacial score (nSPS) is 17.0. The number of benzene rings is 1. The summed E-state index contributed by atoms with van der Waals surface area (Å²) >= 11 is 1.66. The predicted octanol–water partition coefficient (Wildman–Crippen LogP) is 2.43. The van der Waals surface area contributed by atoms with Crippen LogP contribution in [0, 0.1) is 5.41 Å². The van der Waals surface area contributed by atoms with Crippen molar-refractivity contribution in [2.45, 2.75) is 19.3 Å². The van der Waals surface area contributed by atoms with Crippen LogP contribution >= 0.6 is 11.3 Å². The van der Waals surface area contributed by atoms with Gasteiger partial charge in [0.1, 0.15) is 0 Å². The van der Waals surface area contributed by atoms with E-state index in [2.05, 4.69) is 34.6 Å². The first-order valence-electron chi connectivity index (χ1n) is 5.95. The molecule has 0 atom stereocenters. The number of hydrogen-bond donors (Lipinski definition) is 1. The minimum Gasteiger partial charge on any atom is -0.330 e. The molecule has 3 heteroatoms. The number of fused-ring (bicyclic) bond motifs is 1. The van der Waals surface area contributed by atoms with Crippen LogP contribution < -0.4 is 5.73 Å². The van der Waals surface area contributed by atoms with Gasteiger partial charge in [-0.25, -0.2) is 4.98 Å². The first-order chi connectivity index (χ1) is 8.31. The maximum atomic E-state index is 6.04. The van der Waals surface area contributed by atoms with Gasteiger partial charge in [-0.05, 0) is 42.3 Å². The Labute approximate surface area is 106 Å². The minimum absolute atomic E-state index is 0.192. The Balaban J connectivity index is 1.87. The van der Waals surface area contributed by atoms with E-state index >= 15 is 0 Å². The molecule has 0 bridgehead atoms. The van der Waals surface area contributed by atoms with Crippen LogP contribution in [0.2, 0.25) is 0 Å². The molecular weight excluding hydrogens is 228 g/mol. The van der Waals surface area contributed by atoms with Gasteiger partial charge in [0.15, 0.2) is 0 Å². The molecule has 1 aromatic heterocycles. The van der Waals surface area contributed by atoms with Crippen molar-refractivity contribution in [1.29, 1.82) is 0 Å². The van der Waals surface area contributed by atoms with Crippen molar-refractivity contribution < 1.29 is 0 Å². The van der Waals surface area contributed by atoms with Gasteiger partial charge in [0.2, 0.25) is 0 Å². The smallest absolute Gasteiger partial charge is 0.0794 e. The van der Waals surface area contributed by atoms with E-state index in [9.17, 15) is 0 Å². The summed E-state index contributed by atoms with van der Waals surface area (Å²) in [4.78, 5) is 4.40. The average Bonchev–Trinajstić information content (AvgIpc) is 2.96. The zero-order chi connectivity index (χ0) is 11.7. The number of rotatable bonds is 3. The highest BCUT2D eigenvalue weighted by atomic mass is 32.1. The third-order valence-corrected chi connectivity index (χ3v) is 4.36. The van der Waals surface area contributed by atoms with E-state index in [0.717, 1.165) is 25.8 Å². The summed E-state index contributed by atoms with van der Waals surface area (Å²) in [5, 5.41) is 2.14. The molecule has 1 aliphatic carbocycles. The van der Waals surface area contributed by atoms with E-state index in [1.807, 2.05) is 5.51 Å². The second-order valence-electron chi connectivity index (χ2n) is 4.98. The van der Waals surface area contributed by atoms with Crippen LogP contribution in [0.25, 0.3) is 0 Å². The highest BCUT2D eigenvalue weighted by molar-refractivity contribution is 7.07. The Morgan fingerprint density at radius 2 is 1.94 bits per heavy atom. The Bertz CT molecular complexity index is 474. The van der Waals surface area contributed by atoms with Gasteiger partial charge in [-0.2, -0.15) is 0 Å². The largest absolute Gasteiger partial charge is 0.330 e. The Hall–Kier alpha value is -1.19. The van der Waals surface area contributed by atoms with Crippen molar-refractivity contribution in [2.75, 3.05) is 6.54 Å². The van der Waals surface area contributed by atoms with Crippen LogP contribution in [0.15, 0.2) is 35.2 Å². The minimum atomic E-state index is 0.192. The van der Waals surface area contributed by atoms with Crippen LogP contribution in [-0.4, -0.2) is 11.5 Å². The van der Waals surface area contributed by atoms with Crippen molar-refractivity contribution in [3.8, 4) is 0 Å². The van der Waals surface area contributed by atoms with Gasteiger partial charge in [0.25, 0.3) is 0 Å². The van der Waals surface area contributed by atoms with Crippen LogP contribution in [0.1, 0.15) is 16.8 Å². The monoisotopic (exact) mass is 244 g/mol. The lowest BCUT2D eigenvalue weighted by Gasteiger charge is -2.26. The van der Waals surface area contributed by atoms with Gasteiger partial charge in [0, 0.05) is 5.38 Å². The van der Waals surface area contributed by atoms with Gasteiger partial charge in [-0.1, -0.05) is 24.3 Å². The zero-order valence-electron chi connectivity index (χ0n) is 9.73. The lowest BCUT2D eigenvalue weighted by atomic mass is 9.80. The molecular formula is C14H16N2S. The van der Waals surface area contributed by atoms with Crippen LogP contribution in [-0.2, 0) is 19.3 Å². The van der Waals surface area contributed by atoms with E-state index in [0.29, 0.717) is 0 Å². The SMILES string of the molecule is NCC1(Cc2cscn2)Cc2ccccc2C1. The lowest BCUT2D eigenvalue weighted by Crippen LogP contribution is -2.33. The second kappa shape index (κ2) is 4.24. The summed E-state index contributed by atoms with van der Waals surface area (Å²) in [6.45, 7) is 0.735. The fourth-order valence-electron chi connectivity index (χ4n) is 2.82. The number of nitrogens with zero attached hydrogens (tertiary/aromatic N) is 1. The predicted molar refractivity (Wildman–Crippen MR) is 71.2 cm³/mol.